The zero-order chi connectivity index (χ0) is 18.1. The standard InChI is InChI=1S/C18H18Cl2N2O3/c19-14-3-1-13(2-4-14)11-17(23)21-9-10-22-18(24)12-25-16-7-5-15(20)6-8-16/h1-8H,9-12H2,(H,21,23)(H,22,24). The second-order valence-corrected chi connectivity index (χ2v) is 6.12. The number of rotatable bonds is 8. The number of carbonyl (C=O) groups excluding carboxylic acids is 2. The Morgan fingerprint density at radius 1 is 0.800 bits per heavy atom. The maximum Gasteiger partial charge on any atom is 0.258 e. The van der Waals surface area contributed by atoms with Crippen LogP contribution in [0.25, 0.3) is 0 Å². The first-order chi connectivity index (χ1) is 12.0. The Morgan fingerprint density at radius 2 is 1.32 bits per heavy atom. The van der Waals surface area contributed by atoms with Gasteiger partial charge in [0.1, 0.15) is 5.75 Å². The molecule has 2 aromatic carbocycles. The van der Waals surface area contributed by atoms with Crippen LogP contribution in [0.15, 0.2) is 48.5 Å². The first-order valence-electron chi connectivity index (χ1n) is 7.69. The fraction of sp³-hybridized carbons (Fsp3) is 0.222. The van der Waals surface area contributed by atoms with Gasteiger partial charge < -0.3 is 15.4 Å². The molecule has 0 heterocycles. The van der Waals surface area contributed by atoms with Crippen LogP contribution < -0.4 is 15.4 Å². The number of benzene rings is 2. The predicted octanol–water partition coefficient (Wildman–Crippen LogP) is 2.85. The third-order valence-corrected chi connectivity index (χ3v) is 3.73. The van der Waals surface area contributed by atoms with Crippen molar-refractivity contribution in [3.63, 3.8) is 0 Å². The predicted molar refractivity (Wildman–Crippen MR) is 98.1 cm³/mol. The van der Waals surface area contributed by atoms with E-state index in [-0.39, 0.29) is 24.8 Å². The Bertz CT molecular complexity index is 703. The Kier molecular flexibility index (Phi) is 7.57. The van der Waals surface area contributed by atoms with Crippen LogP contribution >= 0.6 is 23.2 Å². The lowest BCUT2D eigenvalue weighted by atomic mass is 10.1. The van der Waals surface area contributed by atoms with Crippen molar-refractivity contribution in [1.29, 1.82) is 0 Å². The number of ether oxygens (including phenoxy) is 1. The van der Waals surface area contributed by atoms with Gasteiger partial charge in [-0.05, 0) is 42.0 Å². The molecule has 0 saturated heterocycles. The molecule has 7 heteroatoms. The van der Waals surface area contributed by atoms with Crippen LogP contribution in [-0.4, -0.2) is 31.5 Å². The molecular formula is C18H18Cl2N2O3. The van der Waals surface area contributed by atoms with Crippen molar-refractivity contribution >= 4 is 35.0 Å². The van der Waals surface area contributed by atoms with Gasteiger partial charge in [-0.1, -0.05) is 35.3 Å². The number of hydrogen-bond acceptors (Lipinski definition) is 3. The van der Waals surface area contributed by atoms with Gasteiger partial charge in [0.15, 0.2) is 6.61 Å². The lowest BCUT2D eigenvalue weighted by Gasteiger charge is -2.09. The molecule has 2 N–H and O–H groups in total. The van der Waals surface area contributed by atoms with E-state index in [2.05, 4.69) is 10.6 Å². The van der Waals surface area contributed by atoms with E-state index in [9.17, 15) is 9.59 Å². The van der Waals surface area contributed by atoms with Crippen LogP contribution in [-0.2, 0) is 16.0 Å². The molecule has 0 atom stereocenters. The summed E-state index contributed by atoms with van der Waals surface area (Å²) in [7, 11) is 0. The van der Waals surface area contributed by atoms with Crippen LogP contribution in [0.1, 0.15) is 5.56 Å². The molecule has 2 amide bonds. The largest absolute Gasteiger partial charge is 0.484 e. The number of nitrogens with one attached hydrogen (secondary N) is 2. The third-order valence-electron chi connectivity index (χ3n) is 3.23. The molecule has 0 aromatic heterocycles. The van der Waals surface area contributed by atoms with Crippen LogP contribution in [0.4, 0.5) is 0 Å². The molecule has 25 heavy (non-hydrogen) atoms. The molecule has 2 rings (SSSR count). The first-order valence-corrected chi connectivity index (χ1v) is 8.45. The molecular weight excluding hydrogens is 363 g/mol. The van der Waals surface area contributed by atoms with Gasteiger partial charge in [0.2, 0.25) is 5.91 Å². The summed E-state index contributed by atoms with van der Waals surface area (Å²) in [6, 6.07) is 13.8. The molecule has 0 fully saturated rings. The van der Waals surface area contributed by atoms with Gasteiger partial charge in [0.25, 0.3) is 5.91 Å². The van der Waals surface area contributed by atoms with Crippen molar-refractivity contribution < 1.29 is 14.3 Å². The van der Waals surface area contributed by atoms with E-state index in [0.717, 1.165) is 5.56 Å². The summed E-state index contributed by atoms with van der Waals surface area (Å²) >= 11 is 11.6. The van der Waals surface area contributed by atoms with E-state index in [0.29, 0.717) is 28.9 Å². The smallest absolute Gasteiger partial charge is 0.258 e. The zero-order valence-corrected chi connectivity index (χ0v) is 14.9. The second kappa shape index (κ2) is 9.91. The molecule has 0 radical (unpaired) electrons. The maximum atomic E-state index is 11.8. The van der Waals surface area contributed by atoms with E-state index in [1.54, 1.807) is 48.5 Å². The second-order valence-electron chi connectivity index (χ2n) is 5.25. The summed E-state index contributed by atoms with van der Waals surface area (Å²) in [5, 5.41) is 6.64. The quantitative estimate of drug-likeness (QED) is 0.691. The molecule has 0 unspecified atom stereocenters. The molecule has 0 aliphatic rings. The highest BCUT2D eigenvalue weighted by molar-refractivity contribution is 6.30. The minimum absolute atomic E-state index is 0.0969. The highest BCUT2D eigenvalue weighted by atomic mass is 35.5. The zero-order valence-electron chi connectivity index (χ0n) is 13.4. The van der Waals surface area contributed by atoms with Crippen LogP contribution in [0, 0.1) is 0 Å². The summed E-state index contributed by atoms with van der Waals surface area (Å²) in [5.41, 5.74) is 0.877. The van der Waals surface area contributed by atoms with E-state index in [4.69, 9.17) is 27.9 Å². The molecule has 132 valence electrons. The maximum absolute atomic E-state index is 11.8. The third kappa shape index (κ3) is 7.45. The van der Waals surface area contributed by atoms with E-state index < -0.39 is 0 Å². The highest BCUT2D eigenvalue weighted by Crippen LogP contribution is 2.15. The number of amides is 2. The summed E-state index contributed by atoms with van der Waals surface area (Å²) in [5.74, 6) is 0.187. The Labute approximate surface area is 156 Å². The molecule has 0 bridgehead atoms. The summed E-state index contributed by atoms with van der Waals surface area (Å²) in [6.07, 6.45) is 0.269. The minimum atomic E-state index is -0.262. The first kappa shape index (κ1) is 19.1. The van der Waals surface area contributed by atoms with Crippen molar-refractivity contribution in [3.05, 3.63) is 64.1 Å². The van der Waals surface area contributed by atoms with Gasteiger partial charge in [0.05, 0.1) is 6.42 Å². The molecule has 0 spiro atoms. The summed E-state index contributed by atoms with van der Waals surface area (Å²) in [6.45, 7) is 0.578. The summed E-state index contributed by atoms with van der Waals surface area (Å²) < 4.78 is 5.32. The van der Waals surface area contributed by atoms with E-state index in [1.165, 1.54) is 0 Å². The van der Waals surface area contributed by atoms with Crippen molar-refractivity contribution in [1.82, 2.24) is 10.6 Å². The van der Waals surface area contributed by atoms with Gasteiger partial charge >= 0.3 is 0 Å². The number of carbonyl (C=O) groups is 2. The van der Waals surface area contributed by atoms with Crippen molar-refractivity contribution in [3.8, 4) is 5.75 Å². The highest BCUT2D eigenvalue weighted by Gasteiger charge is 2.05. The van der Waals surface area contributed by atoms with Gasteiger partial charge in [-0.3, -0.25) is 9.59 Å². The SMILES string of the molecule is O=C(COc1ccc(Cl)cc1)NCCNC(=O)Cc1ccc(Cl)cc1. The van der Waals surface area contributed by atoms with E-state index in [1.807, 2.05) is 0 Å². The van der Waals surface area contributed by atoms with Gasteiger partial charge in [0, 0.05) is 23.1 Å². The van der Waals surface area contributed by atoms with Crippen LogP contribution in [0.5, 0.6) is 5.75 Å². The van der Waals surface area contributed by atoms with E-state index >= 15 is 0 Å². The van der Waals surface area contributed by atoms with Crippen molar-refractivity contribution in [2.75, 3.05) is 19.7 Å². The Morgan fingerprint density at radius 3 is 1.92 bits per heavy atom. The fourth-order valence-corrected chi connectivity index (χ4v) is 2.24. The van der Waals surface area contributed by atoms with Gasteiger partial charge in [-0.2, -0.15) is 0 Å². The molecule has 0 aliphatic heterocycles. The fourth-order valence-electron chi connectivity index (χ4n) is 1.98. The van der Waals surface area contributed by atoms with Crippen molar-refractivity contribution in [2.24, 2.45) is 0 Å². The molecule has 5 nitrogen and oxygen atoms in total. The van der Waals surface area contributed by atoms with Gasteiger partial charge in [-0.25, -0.2) is 0 Å². The van der Waals surface area contributed by atoms with Crippen LogP contribution in [0.3, 0.4) is 0 Å². The van der Waals surface area contributed by atoms with Crippen LogP contribution in [0.2, 0.25) is 10.0 Å². The molecule has 0 saturated carbocycles. The topological polar surface area (TPSA) is 67.4 Å². The average molecular weight is 381 g/mol. The number of hydrogen-bond donors (Lipinski definition) is 2. The number of halogens is 2. The minimum Gasteiger partial charge on any atom is -0.484 e. The average Bonchev–Trinajstić information content (AvgIpc) is 2.60. The lowest BCUT2D eigenvalue weighted by Crippen LogP contribution is -2.37. The molecule has 2 aromatic rings. The Balaban J connectivity index is 1.58. The normalized spacial score (nSPS) is 10.2. The molecule has 0 aliphatic carbocycles. The lowest BCUT2D eigenvalue weighted by molar-refractivity contribution is -0.124. The van der Waals surface area contributed by atoms with Gasteiger partial charge in [-0.15, -0.1) is 0 Å². The van der Waals surface area contributed by atoms with Crippen molar-refractivity contribution in [2.45, 2.75) is 6.42 Å². The Hall–Kier alpha value is -2.24. The monoisotopic (exact) mass is 380 g/mol. The summed E-state index contributed by atoms with van der Waals surface area (Å²) in [4.78, 5) is 23.5.